The molecule has 0 saturated carbocycles. The Morgan fingerprint density at radius 2 is 2.17 bits per heavy atom. The Labute approximate surface area is 108 Å². The molecular formula is C14H22N2O2. The number of amides is 1. The second-order valence-corrected chi connectivity index (χ2v) is 4.37. The van der Waals surface area contributed by atoms with Gasteiger partial charge in [-0.3, -0.25) is 10.2 Å². The van der Waals surface area contributed by atoms with Gasteiger partial charge in [0.2, 0.25) is 5.91 Å². The van der Waals surface area contributed by atoms with Crippen LogP contribution in [0.2, 0.25) is 0 Å². The fourth-order valence-electron chi connectivity index (χ4n) is 1.73. The molecule has 1 atom stereocenters. The highest BCUT2D eigenvalue weighted by atomic mass is 16.5. The average molecular weight is 250 g/mol. The largest absolute Gasteiger partial charge is 0.493 e. The summed E-state index contributed by atoms with van der Waals surface area (Å²) in [5.74, 6) is 6.25. The van der Waals surface area contributed by atoms with Crippen LogP contribution in [0.5, 0.6) is 5.75 Å². The van der Waals surface area contributed by atoms with E-state index in [1.165, 1.54) is 5.56 Å². The van der Waals surface area contributed by atoms with Gasteiger partial charge in [-0.1, -0.05) is 32.0 Å². The summed E-state index contributed by atoms with van der Waals surface area (Å²) in [4.78, 5) is 11.0. The predicted octanol–water partition coefficient (Wildman–Crippen LogP) is 2.35. The van der Waals surface area contributed by atoms with E-state index in [1.54, 1.807) is 0 Å². The van der Waals surface area contributed by atoms with E-state index in [9.17, 15) is 4.79 Å². The fourth-order valence-corrected chi connectivity index (χ4v) is 1.73. The zero-order chi connectivity index (χ0) is 13.4. The molecule has 0 fully saturated rings. The topological polar surface area (TPSA) is 64.3 Å². The van der Waals surface area contributed by atoms with Crippen molar-refractivity contribution in [2.45, 2.75) is 39.0 Å². The number of hydrazine groups is 1. The smallest absolute Gasteiger partial charge is 0.234 e. The van der Waals surface area contributed by atoms with Crippen LogP contribution in [0.4, 0.5) is 0 Å². The normalized spacial score (nSPS) is 11.9. The van der Waals surface area contributed by atoms with Crippen molar-refractivity contribution in [2.24, 2.45) is 5.84 Å². The second-order valence-electron chi connectivity index (χ2n) is 4.37. The van der Waals surface area contributed by atoms with E-state index < -0.39 is 0 Å². The van der Waals surface area contributed by atoms with Crippen molar-refractivity contribution in [3.05, 3.63) is 29.8 Å². The molecule has 4 nitrogen and oxygen atoms in total. The van der Waals surface area contributed by atoms with Crippen LogP contribution < -0.4 is 16.0 Å². The van der Waals surface area contributed by atoms with Crippen LogP contribution in [-0.4, -0.2) is 12.5 Å². The highest BCUT2D eigenvalue weighted by molar-refractivity contribution is 5.75. The van der Waals surface area contributed by atoms with Crippen molar-refractivity contribution < 1.29 is 9.53 Å². The van der Waals surface area contributed by atoms with Crippen LogP contribution >= 0.6 is 0 Å². The first-order chi connectivity index (χ1) is 8.69. The molecule has 3 N–H and O–H groups in total. The first kappa shape index (κ1) is 14.5. The highest BCUT2D eigenvalue weighted by Gasteiger charge is 2.09. The first-order valence-electron chi connectivity index (χ1n) is 6.40. The van der Waals surface area contributed by atoms with Gasteiger partial charge in [0.25, 0.3) is 0 Å². The molecular weight excluding hydrogens is 228 g/mol. The van der Waals surface area contributed by atoms with E-state index in [4.69, 9.17) is 10.6 Å². The number of benzene rings is 1. The number of nitrogens with one attached hydrogen (secondary N) is 1. The molecule has 0 spiro atoms. The fraction of sp³-hybridized carbons (Fsp3) is 0.500. The van der Waals surface area contributed by atoms with Crippen LogP contribution in [0.15, 0.2) is 24.3 Å². The lowest BCUT2D eigenvalue weighted by atomic mass is 9.98. The van der Waals surface area contributed by atoms with Gasteiger partial charge in [-0.25, -0.2) is 5.84 Å². The van der Waals surface area contributed by atoms with Gasteiger partial charge in [-0.15, -0.1) is 0 Å². The van der Waals surface area contributed by atoms with Gasteiger partial charge >= 0.3 is 0 Å². The summed E-state index contributed by atoms with van der Waals surface area (Å²) in [5, 5.41) is 0. The maximum absolute atomic E-state index is 11.0. The van der Waals surface area contributed by atoms with Crippen LogP contribution in [0.3, 0.4) is 0 Å². The summed E-state index contributed by atoms with van der Waals surface area (Å²) in [6.45, 7) is 4.87. The zero-order valence-corrected chi connectivity index (χ0v) is 11.1. The Kier molecular flexibility index (Phi) is 6.22. The number of ether oxygens (including phenoxy) is 1. The Hall–Kier alpha value is -1.55. The monoisotopic (exact) mass is 250 g/mol. The van der Waals surface area contributed by atoms with Gasteiger partial charge in [-0.05, 0) is 30.4 Å². The molecule has 0 bridgehead atoms. The van der Waals surface area contributed by atoms with Crippen LogP contribution in [0.1, 0.15) is 44.6 Å². The average Bonchev–Trinajstić information content (AvgIpc) is 2.42. The summed E-state index contributed by atoms with van der Waals surface area (Å²) in [7, 11) is 0. The number of hydrogen-bond acceptors (Lipinski definition) is 3. The molecule has 0 aromatic heterocycles. The van der Waals surface area contributed by atoms with E-state index in [1.807, 2.05) is 18.2 Å². The number of para-hydroxylation sites is 1. The van der Waals surface area contributed by atoms with Crippen LogP contribution in [0, 0.1) is 0 Å². The molecule has 1 amide bonds. The molecule has 1 unspecified atom stereocenters. The lowest BCUT2D eigenvalue weighted by Gasteiger charge is -2.15. The van der Waals surface area contributed by atoms with Crippen molar-refractivity contribution in [2.75, 3.05) is 6.61 Å². The Morgan fingerprint density at radius 1 is 1.44 bits per heavy atom. The van der Waals surface area contributed by atoms with E-state index in [2.05, 4.69) is 25.3 Å². The minimum atomic E-state index is -0.159. The summed E-state index contributed by atoms with van der Waals surface area (Å²) in [5.41, 5.74) is 3.33. The molecule has 1 rings (SSSR count). The number of carbonyl (C=O) groups excluding carboxylic acids is 1. The summed E-state index contributed by atoms with van der Waals surface area (Å²) >= 11 is 0. The molecule has 0 heterocycles. The van der Waals surface area contributed by atoms with E-state index >= 15 is 0 Å². The number of hydrogen-bond donors (Lipinski definition) is 2. The standard InChI is InChI=1S/C14H22N2O2/c1-3-11(2)12-7-4-5-8-13(12)18-10-6-9-14(17)16-15/h4-5,7-8,11H,3,6,9-10,15H2,1-2H3,(H,16,17). The third-order valence-corrected chi connectivity index (χ3v) is 3.03. The summed E-state index contributed by atoms with van der Waals surface area (Å²) in [6.07, 6.45) is 2.13. The molecule has 0 saturated heterocycles. The Balaban J connectivity index is 2.49. The first-order valence-corrected chi connectivity index (χ1v) is 6.40. The van der Waals surface area contributed by atoms with E-state index in [-0.39, 0.29) is 5.91 Å². The third kappa shape index (κ3) is 4.37. The summed E-state index contributed by atoms with van der Waals surface area (Å²) < 4.78 is 5.73. The van der Waals surface area contributed by atoms with Crippen LogP contribution in [-0.2, 0) is 4.79 Å². The zero-order valence-electron chi connectivity index (χ0n) is 11.1. The number of nitrogens with two attached hydrogens (primary N) is 1. The minimum Gasteiger partial charge on any atom is -0.493 e. The number of carbonyl (C=O) groups is 1. The second kappa shape index (κ2) is 7.71. The van der Waals surface area contributed by atoms with Gasteiger partial charge in [0.1, 0.15) is 5.75 Å². The maximum atomic E-state index is 11.0. The molecule has 4 heteroatoms. The summed E-state index contributed by atoms with van der Waals surface area (Å²) in [6, 6.07) is 8.06. The lowest BCUT2D eigenvalue weighted by Crippen LogP contribution is -2.30. The molecule has 1 aromatic carbocycles. The van der Waals surface area contributed by atoms with Crippen molar-refractivity contribution in [1.29, 1.82) is 0 Å². The van der Waals surface area contributed by atoms with Gasteiger partial charge < -0.3 is 4.74 Å². The van der Waals surface area contributed by atoms with Crippen molar-refractivity contribution in [1.82, 2.24) is 5.43 Å². The third-order valence-electron chi connectivity index (χ3n) is 3.03. The quantitative estimate of drug-likeness (QED) is 0.338. The van der Waals surface area contributed by atoms with Gasteiger partial charge in [0.15, 0.2) is 0 Å². The molecule has 0 radical (unpaired) electrons. The number of rotatable bonds is 7. The highest BCUT2D eigenvalue weighted by Crippen LogP contribution is 2.28. The molecule has 100 valence electrons. The van der Waals surface area contributed by atoms with Crippen molar-refractivity contribution in [3.8, 4) is 5.75 Å². The van der Waals surface area contributed by atoms with E-state index in [0.717, 1.165) is 12.2 Å². The predicted molar refractivity (Wildman–Crippen MR) is 72.2 cm³/mol. The molecule has 18 heavy (non-hydrogen) atoms. The van der Waals surface area contributed by atoms with Crippen LogP contribution in [0.25, 0.3) is 0 Å². The Morgan fingerprint density at radius 3 is 2.83 bits per heavy atom. The van der Waals surface area contributed by atoms with Gasteiger partial charge in [0.05, 0.1) is 6.61 Å². The van der Waals surface area contributed by atoms with Crippen molar-refractivity contribution in [3.63, 3.8) is 0 Å². The van der Waals surface area contributed by atoms with Crippen molar-refractivity contribution >= 4 is 5.91 Å². The van der Waals surface area contributed by atoms with Gasteiger partial charge in [-0.2, -0.15) is 0 Å². The lowest BCUT2D eigenvalue weighted by molar-refractivity contribution is -0.121. The Bertz CT molecular complexity index is 380. The molecule has 0 aliphatic carbocycles. The van der Waals surface area contributed by atoms with E-state index in [0.29, 0.717) is 25.4 Å². The minimum absolute atomic E-state index is 0.159. The molecule has 1 aromatic rings. The SMILES string of the molecule is CCC(C)c1ccccc1OCCCC(=O)NN. The molecule has 0 aliphatic rings. The maximum Gasteiger partial charge on any atom is 0.234 e. The molecule has 0 aliphatic heterocycles. The van der Waals surface area contributed by atoms with Gasteiger partial charge in [0, 0.05) is 6.42 Å².